The minimum Gasteiger partial charge on any atom is -0.319 e. The van der Waals surface area contributed by atoms with E-state index in [4.69, 9.17) is 0 Å². The molecule has 126 valence electrons. The zero-order valence-electron chi connectivity index (χ0n) is 13.9. The molecule has 2 heterocycles. The summed E-state index contributed by atoms with van der Waals surface area (Å²) in [7, 11) is 0. The Morgan fingerprint density at radius 3 is 2.76 bits per heavy atom. The zero-order valence-corrected chi connectivity index (χ0v) is 13.9. The number of benzene rings is 1. The summed E-state index contributed by atoms with van der Waals surface area (Å²) in [6, 6.07) is 7.58. The second kappa shape index (κ2) is 5.15. The molecule has 5 heteroatoms. The van der Waals surface area contributed by atoms with Crippen LogP contribution < -0.4 is 10.2 Å². The van der Waals surface area contributed by atoms with Crippen LogP contribution in [0.5, 0.6) is 0 Å². The summed E-state index contributed by atoms with van der Waals surface area (Å²) >= 11 is 0. The highest BCUT2D eigenvalue weighted by Gasteiger charge is 2.56. The van der Waals surface area contributed by atoms with Crippen LogP contribution in [0.2, 0.25) is 0 Å². The molecule has 3 amide bonds. The van der Waals surface area contributed by atoms with E-state index in [9.17, 15) is 9.59 Å². The molecule has 1 unspecified atom stereocenters. The normalized spacial score (nSPS) is 24.4. The van der Waals surface area contributed by atoms with E-state index in [0.29, 0.717) is 12.1 Å². The fraction of sp³-hybridized carbons (Fsp3) is 0.350. The fourth-order valence-corrected chi connectivity index (χ4v) is 4.59. The first-order chi connectivity index (χ1) is 12.2. The molecule has 3 aliphatic rings. The summed E-state index contributed by atoms with van der Waals surface area (Å²) in [5, 5.41) is 3.00. The van der Waals surface area contributed by atoms with Crippen molar-refractivity contribution in [2.24, 2.45) is 0 Å². The van der Waals surface area contributed by atoms with Crippen LogP contribution in [0.1, 0.15) is 41.5 Å². The summed E-state index contributed by atoms with van der Waals surface area (Å²) in [6.45, 7) is 0. The molecule has 1 atom stereocenters. The summed E-state index contributed by atoms with van der Waals surface area (Å²) in [5.74, 6) is -0.164. The number of fused-ring (bicyclic) bond motifs is 3. The van der Waals surface area contributed by atoms with E-state index >= 15 is 0 Å². The Morgan fingerprint density at radius 2 is 1.84 bits per heavy atom. The van der Waals surface area contributed by atoms with Crippen molar-refractivity contribution in [2.75, 3.05) is 4.90 Å². The number of hydrogen-bond acceptors (Lipinski definition) is 3. The fourth-order valence-electron chi connectivity index (χ4n) is 4.59. The van der Waals surface area contributed by atoms with E-state index in [1.807, 2.05) is 30.5 Å². The lowest BCUT2D eigenvalue weighted by atomic mass is 9.90. The molecular weight excluding hydrogens is 314 g/mol. The Kier molecular flexibility index (Phi) is 3.02. The van der Waals surface area contributed by atoms with Crippen LogP contribution in [0.4, 0.5) is 10.5 Å². The third-order valence-corrected chi connectivity index (χ3v) is 5.83. The van der Waals surface area contributed by atoms with Crippen molar-refractivity contribution < 1.29 is 9.59 Å². The quantitative estimate of drug-likeness (QED) is 0.816. The van der Waals surface area contributed by atoms with Crippen LogP contribution in [0.25, 0.3) is 0 Å². The number of aryl methyl sites for hydroxylation is 2. The first kappa shape index (κ1) is 14.6. The van der Waals surface area contributed by atoms with Crippen LogP contribution in [0, 0.1) is 0 Å². The van der Waals surface area contributed by atoms with Gasteiger partial charge >= 0.3 is 6.03 Å². The predicted octanol–water partition coefficient (Wildman–Crippen LogP) is 2.86. The molecule has 5 rings (SSSR count). The topological polar surface area (TPSA) is 62.3 Å². The third-order valence-electron chi connectivity index (χ3n) is 5.83. The lowest BCUT2D eigenvalue weighted by molar-refractivity contribution is -0.122. The van der Waals surface area contributed by atoms with E-state index in [1.54, 1.807) is 6.20 Å². The Balaban J connectivity index is 1.62. The summed E-state index contributed by atoms with van der Waals surface area (Å²) < 4.78 is 0. The number of urea groups is 1. The Hall–Kier alpha value is -2.69. The standard InChI is InChI=1S/C20H19N3O2/c24-18-20(10-9-13-5-2-4-8-16(13)20)22-19(25)23(18)17-12-21-11-14-6-1-3-7-15(14)17/h2,4-5,8,11-12H,1,3,6-7,9-10H2,(H,22,25). The number of carbonyl (C=O) groups is 2. The highest BCUT2D eigenvalue weighted by atomic mass is 16.2. The van der Waals surface area contributed by atoms with Crippen molar-refractivity contribution in [3.8, 4) is 0 Å². The van der Waals surface area contributed by atoms with E-state index in [2.05, 4.69) is 10.3 Å². The number of carbonyl (C=O) groups excluding carboxylic acids is 2. The maximum Gasteiger partial charge on any atom is 0.330 e. The molecule has 1 fully saturated rings. The molecule has 2 aliphatic carbocycles. The highest BCUT2D eigenvalue weighted by molar-refractivity contribution is 6.24. The van der Waals surface area contributed by atoms with Gasteiger partial charge in [-0.15, -0.1) is 0 Å². The van der Waals surface area contributed by atoms with Crippen LogP contribution in [0.15, 0.2) is 36.7 Å². The zero-order chi connectivity index (χ0) is 17.0. The van der Waals surface area contributed by atoms with Gasteiger partial charge in [-0.1, -0.05) is 24.3 Å². The number of pyridine rings is 1. The Labute approximate surface area is 146 Å². The van der Waals surface area contributed by atoms with Gasteiger partial charge in [0.05, 0.1) is 11.9 Å². The van der Waals surface area contributed by atoms with Crippen LogP contribution in [-0.4, -0.2) is 16.9 Å². The van der Waals surface area contributed by atoms with Crippen LogP contribution >= 0.6 is 0 Å². The first-order valence-electron chi connectivity index (χ1n) is 8.91. The van der Waals surface area contributed by atoms with Crippen molar-refractivity contribution in [1.82, 2.24) is 10.3 Å². The molecule has 1 aromatic carbocycles. The van der Waals surface area contributed by atoms with Gasteiger partial charge in [-0.05, 0) is 60.8 Å². The molecule has 1 saturated heterocycles. The van der Waals surface area contributed by atoms with Gasteiger partial charge in [0.2, 0.25) is 0 Å². The van der Waals surface area contributed by atoms with E-state index in [-0.39, 0.29) is 11.9 Å². The molecule has 1 aliphatic heterocycles. The molecule has 25 heavy (non-hydrogen) atoms. The lowest BCUT2D eigenvalue weighted by Gasteiger charge is -2.24. The van der Waals surface area contributed by atoms with E-state index < -0.39 is 5.54 Å². The smallest absolute Gasteiger partial charge is 0.319 e. The number of amides is 3. The summed E-state index contributed by atoms with van der Waals surface area (Å²) in [4.78, 5) is 31.8. The number of rotatable bonds is 1. The van der Waals surface area contributed by atoms with Crippen LogP contribution in [0.3, 0.4) is 0 Å². The monoisotopic (exact) mass is 333 g/mol. The van der Waals surface area contributed by atoms with Gasteiger partial charge in [0.25, 0.3) is 5.91 Å². The lowest BCUT2D eigenvalue weighted by Crippen LogP contribution is -2.42. The molecule has 0 saturated carbocycles. The molecule has 2 aromatic rings. The largest absolute Gasteiger partial charge is 0.330 e. The van der Waals surface area contributed by atoms with Gasteiger partial charge in [-0.3, -0.25) is 9.78 Å². The second-order valence-electron chi connectivity index (χ2n) is 7.14. The van der Waals surface area contributed by atoms with Crippen molar-refractivity contribution in [3.63, 3.8) is 0 Å². The predicted molar refractivity (Wildman–Crippen MR) is 93.3 cm³/mol. The highest BCUT2D eigenvalue weighted by Crippen LogP contribution is 2.43. The van der Waals surface area contributed by atoms with Gasteiger partial charge in [0.15, 0.2) is 0 Å². The summed E-state index contributed by atoms with van der Waals surface area (Å²) in [6.07, 6.45) is 9.05. The Morgan fingerprint density at radius 1 is 1.00 bits per heavy atom. The van der Waals surface area contributed by atoms with Gasteiger partial charge in [-0.2, -0.15) is 0 Å². The van der Waals surface area contributed by atoms with Crippen molar-refractivity contribution in [3.05, 3.63) is 58.9 Å². The molecule has 1 N–H and O–H groups in total. The van der Waals surface area contributed by atoms with E-state index in [1.165, 1.54) is 4.90 Å². The maximum absolute atomic E-state index is 13.4. The number of imide groups is 1. The SMILES string of the molecule is O=C1NC2(CCc3ccccc32)C(=O)N1c1cncc2c1CCCC2. The van der Waals surface area contributed by atoms with Gasteiger partial charge in [0.1, 0.15) is 5.54 Å². The van der Waals surface area contributed by atoms with Crippen molar-refractivity contribution in [1.29, 1.82) is 0 Å². The molecular formula is C20H19N3O2. The average molecular weight is 333 g/mol. The summed E-state index contributed by atoms with van der Waals surface area (Å²) in [5.41, 5.74) is 4.11. The van der Waals surface area contributed by atoms with Crippen molar-refractivity contribution in [2.45, 2.75) is 44.1 Å². The molecule has 0 bridgehead atoms. The molecule has 0 radical (unpaired) electrons. The molecule has 1 aromatic heterocycles. The minimum absolute atomic E-state index is 0.164. The van der Waals surface area contributed by atoms with Gasteiger partial charge in [0, 0.05) is 6.20 Å². The number of aromatic nitrogens is 1. The third kappa shape index (κ3) is 1.92. The maximum atomic E-state index is 13.4. The second-order valence-corrected chi connectivity index (χ2v) is 7.14. The van der Waals surface area contributed by atoms with Crippen LogP contribution in [-0.2, 0) is 29.6 Å². The number of nitrogens with zero attached hydrogens (tertiary/aromatic N) is 2. The van der Waals surface area contributed by atoms with E-state index in [0.717, 1.165) is 54.4 Å². The number of anilines is 1. The molecule has 1 spiro atoms. The minimum atomic E-state index is -0.912. The Bertz CT molecular complexity index is 908. The van der Waals surface area contributed by atoms with Gasteiger partial charge in [-0.25, -0.2) is 9.69 Å². The first-order valence-corrected chi connectivity index (χ1v) is 8.91. The number of nitrogens with one attached hydrogen (secondary N) is 1. The average Bonchev–Trinajstić information content (AvgIpc) is 3.13. The molecule has 5 nitrogen and oxygen atoms in total. The van der Waals surface area contributed by atoms with Gasteiger partial charge < -0.3 is 5.32 Å². The number of hydrogen-bond donors (Lipinski definition) is 1. The van der Waals surface area contributed by atoms with Crippen molar-refractivity contribution >= 4 is 17.6 Å².